The molecule has 0 saturated carbocycles. The first-order valence-corrected chi connectivity index (χ1v) is 6.29. The molecule has 2 rings (SSSR count). The van der Waals surface area contributed by atoms with E-state index in [-0.39, 0.29) is 18.1 Å². The van der Waals surface area contributed by atoms with Gasteiger partial charge in [0, 0.05) is 4.91 Å². The zero-order valence-corrected chi connectivity index (χ0v) is 10.8. The number of benzene rings is 1. The van der Waals surface area contributed by atoms with E-state index >= 15 is 0 Å². The molecule has 1 aromatic carbocycles. The van der Waals surface area contributed by atoms with Gasteiger partial charge in [-0.1, -0.05) is 42.4 Å². The largest absolute Gasteiger partial charge is 0.495 e. The highest BCUT2D eigenvalue weighted by atomic mass is 16.5. The van der Waals surface area contributed by atoms with Gasteiger partial charge in [0.2, 0.25) is 0 Å². The zero-order valence-electron chi connectivity index (χ0n) is 10.8. The molecule has 0 bridgehead atoms. The average molecular weight is 259 g/mol. The summed E-state index contributed by atoms with van der Waals surface area (Å²) in [6, 6.07) is 9.72. The van der Waals surface area contributed by atoms with Crippen LogP contribution in [0, 0.1) is 5.92 Å². The van der Waals surface area contributed by atoms with Gasteiger partial charge in [-0.3, -0.25) is 0 Å². The van der Waals surface area contributed by atoms with Gasteiger partial charge in [-0.05, 0) is 23.1 Å². The topological polar surface area (TPSA) is 67.2 Å². The molecule has 0 fully saturated rings. The molecule has 100 valence electrons. The maximum absolute atomic E-state index is 8.60. The Morgan fingerprint density at radius 2 is 2.16 bits per heavy atom. The van der Waals surface area contributed by atoms with Gasteiger partial charge in [0.05, 0.1) is 25.5 Å². The lowest BCUT2D eigenvalue weighted by molar-refractivity contribution is -0.00646. The van der Waals surface area contributed by atoms with Crippen LogP contribution in [0.4, 0.5) is 0 Å². The van der Waals surface area contributed by atoms with Crippen LogP contribution in [0.5, 0.6) is 0 Å². The minimum absolute atomic E-state index is 0.162. The molecule has 0 N–H and O–H groups in total. The van der Waals surface area contributed by atoms with Crippen LogP contribution in [0.15, 0.2) is 47.8 Å². The summed E-state index contributed by atoms with van der Waals surface area (Å²) in [4.78, 5) is 2.88. The van der Waals surface area contributed by atoms with Crippen molar-refractivity contribution in [2.45, 2.75) is 25.7 Å². The van der Waals surface area contributed by atoms with E-state index in [4.69, 9.17) is 15.0 Å². The van der Waals surface area contributed by atoms with Crippen LogP contribution < -0.4 is 0 Å². The van der Waals surface area contributed by atoms with Gasteiger partial charge in [-0.25, -0.2) is 0 Å². The second-order valence-electron chi connectivity index (χ2n) is 4.56. The predicted octanol–water partition coefficient (Wildman–Crippen LogP) is 3.43. The molecule has 0 radical (unpaired) electrons. The Bertz CT molecular complexity index is 469. The highest BCUT2D eigenvalue weighted by Crippen LogP contribution is 2.21. The van der Waals surface area contributed by atoms with Gasteiger partial charge < -0.3 is 9.47 Å². The van der Waals surface area contributed by atoms with Crippen LogP contribution in [-0.2, 0) is 16.1 Å². The van der Waals surface area contributed by atoms with Crippen LogP contribution in [0.3, 0.4) is 0 Å². The summed E-state index contributed by atoms with van der Waals surface area (Å²) in [7, 11) is 0. The molecule has 0 aromatic heterocycles. The molecule has 5 nitrogen and oxygen atoms in total. The number of hydrogen-bond donors (Lipinski definition) is 0. The second kappa shape index (κ2) is 6.83. The summed E-state index contributed by atoms with van der Waals surface area (Å²) in [5.74, 6) is 0.162. The number of azide groups is 1. The third kappa shape index (κ3) is 3.74. The van der Waals surface area contributed by atoms with Gasteiger partial charge in [0.25, 0.3) is 0 Å². The fraction of sp³-hybridized carbons (Fsp3) is 0.429. The molecule has 1 aliphatic heterocycles. The van der Waals surface area contributed by atoms with Crippen molar-refractivity contribution in [1.29, 1.82) is 0 Å². The quantitative estimate of drug-likeness (QED) is 0.462. The number of nitrogens with zero attached hydrogens (tertiary/aromatic N) is 3. The molecule has 0 spiro atoms. The third-order valence-corrected chi connectivity index (χ3v) is 3.13. The molecule has 1 aromatic rings. The number of rotatable bonds is 5. The van der Waals surface area contributed by atoms with E-state index in [1.54, 1.807) is 6.26 Å². The van der Waals surface area contributed by atoms with Crippen molar-refractivity contribution in [2.24, 2.45) is 11.0 Å². The summed E-state index contributed by atoms with van der Waals surface area (Å²) >= 11 is 0. The van der Waals surface area contributed by atoms with Crippen LogP contribution >= 0.6 is 0 Å². The Balaban J connectivity index is 1.87. The summed E-state index contributed by atoms with van der Waals surface area (Å²) in [5.41, 5.74) is 9.71. The summed E-state index contributed by atoms with van der Waals surface area (Å²) < 4.78 is 11.1. The minimum atomic E-state index is -0.223. The first kappa shape index (κ1) is 13.5. The van der Waals surface area contributed by atoms with E-state index in [1.807, 2.05) is 43.3 Å². The van der Waals surface area contributed by atoms with Crippen molar-refractivity contribution in [2.75, 3.05) is 6.61 Å². The second-order valence-corrected chi connectivity index (χ2v) is 4.56. The van der Waals surface area contributed by atoms with Gasteiger partial charge in [-0.2, -0.15) is 0 Å². The fourth-order valence-corrected chi connectivity index (χ4v) is 2.05. The van der Waals surface area contributed by atoms with Gasteiger partial charge >= 0.3 is 0 Å². The molecule has 0 amide bonds. The minimum Gasteiger partial charge on any atom is -0.495 e. The molecule has 19 heavy (non-hydrogen) atoms. The highest BCUT2D eigenvalue weighted by Gasteiger charge is 2.28. The van der Waals surface area contributed by atoms with Crippen LogP contribution in [0.25, 0.3) is 10.4 Å². The monoisotopic (exact) mass is 259 g/mol. The normalized spacial score (nSPS) is 25.4. The summed E-state index contributed by atoms with van der Waals surface area (Å²) in [6.45, 7) is 2.94. The smallest absolute Gasteiger partial charge is 0.130 e. The molecule has 2 unspecified atom stereocenters. The highest BCUT2D eigenvalue weighted by molar-refractivity contribution is 5.13. The lowest BCUT2D eigenvalue weighted by Gasteiger charge is -2.29. The van der Waals surface area contributed by atoms with E-state index in [0.29, 0.717) is 13.2 Å². The molecular formula is C14H17N3O2. The fourth-order valence-electron chi connectivity index (χ4n) is 2.05. The molecular weight excluding hydrogens is 242 g/mol. The zero-order chi connectivity index (χ0) is 13.5. The van der Waals surface area contributed by atoms with Crippen molar-refractivity contribution in [3.63, 3.8) is 0 Å². The van der Waals surface area contributed by atoms with E-state index in [9.17, 15) is 0 Å². The van der Waals surface area contributed by atoms with Crippen molar-refractivity contribution >= 4 is 0 Å². The lowest BCUT2D eigenvalue weighted by Crippen LogP contribution is -2.37. The Hall–Kier alpha value is -1.97. The third-order valence-electron chi connectivity index (χ3n) is 3.13. The van der Waals surface area contributed by atoms with Crippen molar-refractivity contribution in [3.05, 3.63) is 58.7 Å². The lowest BCUT2D eigenvalue weighted by atomic mass is 9.96. The van der Waals surface area contributed by atoms with Crippen LogP contribution in [0.1, 0.15) is 12.5 Å². The maximum atomic E-state index is 8.60. The van der Waals surface area contributed by atoms with Gasteiger partial charge in [0.1, 0.15) is 6.10 Å². The average Bonchev–Trinajstić information content (AvgIpc) is 2.44. The summed E-state index contributed by atoms with van der Waals surface area (Å²) in [6.07, 6.45) is 3.33. The summed E-state index contributed by atoms with van der Waals surface area (Å²) in [5, 5.41) is 3.80. The molecule has 1 aliphatic rings. The Morgan fingerprint density at radius 1 is 1.37 bits per heavy atom. The Labute approximate surface area is 112 Å². The molecule has 1 heterocycles. The predicted molar refractivity (Wildman–Crippen MR) is 72.2 cm³/mol. The van der Waals surface area contributed by atoms with Crippen molar-refractivity contribution in [1.82, 2.24) is 0 Å². The Kier molecular flexibility index (Phi) is 4.84. The maximum Gasteiger partial charge on any atom is 0.130 e. The van der Waals surface area contributed by atoms with E-state index < -0.39 is 0 Å². The SMILES string of the molecule is CC1C=COC(COCc2ccccc2)[C@@H]1N=[N+]=[N-]. The van der Waals surface area contributed by atoms with Gasteiger partial charge in [0.15, 0.2) is 0 Å². The first-order chi connectivity index (χ1) is 9.31. The molecule has 0 aliphatic carbocycles. The molecule has 0 saturated heterocycles. The Morgan fingerprint density at radius 3 is 2.89 bits per heavy atom. The van der Waals surface area contributed by atoms with E-state index in [1.165, 1.54) is 0 Å². The van der Waals surface area contributed by atoms with Crippen LogP contribution in [0.2, 0.25) is 0 Å². The van der Waals surface area contributed by atoms with E-state index in [0.717, 1.165) is 5.56 Å². The molecule has 5 heteroatoms. The van der Waals surface area contributed by atoms with E-state index in [2.05, 4.69) is 10.0 Å². The molecule has 3 atom stereocenters. The first-order valence-electron chi connectivity index (χ1n) is 6.29. The van der Waals surface area contributed by atoms with Crippen molar-refractivity contribution < 1.29 is 9.47 Å². The number of hydrogen-bond acceptors (Lipinski definition) is 3. The number of ether oxygens (including phenoxy) is 2. The van der Waals surface area contributed by atoms with Crippen molar-refractivity contribution in [3.8, 4) is 0 Å². The van der Waals surface area contributed by atoms with Crippen LogP contribution in [-0.4, -0.2) is 18.8 Å². The standard InChI is InChI=1S/C14H17N3O2/c1-11-7-8-19-13(14(11)16-17-15)10-18-9-12-5-3-2-4-6-12/h2-8,11,13-14H,9-10H2,1H3/t11?,13?,14-/m1/s1. The van der Waals surface area contributed by atoms with Gasteiger partial charge in [-0.15, -0.1) is 0 Å².